The molecule has 7 heteroatoms. The Morgan fingerprint density at radius 1 is 1.21 bits per heavy atom. The number of piperidine rings is 1. The van der Waals surface area contributed by atoms with Gasteiger partial charge in [-0.3, -0.25) is 9.69 Å². The zero-order valence-electron chi connectivity index (χ0n) is 16.9. The Labute approximate surface area is 165 Å². The fourth-order valence-corrected chi connectivity index (χ4v) is 4.51. The smallest absolute Gasteiger partial charge is 0.284 e. The van der Waals surface area contributed by atoms with Gasteiger partial charge in [0.2, 0.25) is 5.95 Å². The number of amides is 1. The Balaban J connectivity index is 1.57. The third-order valence-corrected chi connectivity index (χ3v) is 5.77. The highest BCUT2D eigenvalue weighted by Crippen LogP contribution is 2.34. The van der Waals surface area contributed by atoms with E-state index >= 15 is 0 Å². The van der Waals surface area contributed by atoms with Gasteiger partial charge in [0.15, 0.2) is 5.76 Å². The van der Waals surface area contributed by atoms with Gasteiger partial charge in [-0.1, -0.05) is 20.8 Å². The fraction of sp³-hybridized carbons (Fsp3) is 0.571. The van der Waals surface area contributed by atoms with Crippen molar-refractivity contribution in [2.75, 3.05) is 24.5 Å². The summed E-state index contributed by atoms with van der Waals surface area (Å²) in [5.41, 5.74) is 6.36. The summed E-state index contributed by atoms with van der Waals surface area (Å²) in [6, 6.07) is 4.12. The first-order chi connectivity index (χ1) is 13.3. The summed E-state index contributed by atoms with van der Waals surface area (Å²) in [6.07, 6.45) is 6.01. The van der Waals surface area contributed by atoms with Gasteiger partial charge in [-0.15, -0.1) is 0 Å². The zero-order valence-corrected chi connectivity index (χ0v) is 16.9. The van der Waals surface area contributed by atoms with Gasteiger partial charge in [-0.2, -0.15) is 0 Å². The molecule has 5 rings (SSSR count). The maximum atomic E-state index is 11.7. The molecular weight excluding hydrogens is 354 g/mol. The molecule has 0 unspecified atom stereocenters. The molecule has 0 aromatic carbocycles. The summed E-state index contributed by atoms with van der Waals surface area (Å²) in [5, 5.41) is 0. The summed E-state index contributed by atoms with van der Waals surface area (Å²) in [6.45, 7) is 10.0. The number of carbonyl (C=O) groups excluding carboxylic acids is 1. The summed E-state index contributed by atoms with van der Waals surface area (Å²) in [5.74, 6) is 1.99. The number of rotatable bonds is 4. The number of primary amides is 1. The highest BCUT2D eigenvalue weighted by atomic mass is 16.4. The van der Waals surface area contributed by atoms with E-state index in [0.29, 0.717) is 12.0 Å². The molecule has 0 spiro atoms. The Bertz CT molecular complexity index is 842. The third-order valence-electron chi connectivity index (χ3n) is 5.77. The number of furan rings is 1. The van der Waals surface area contributed by atoms with Crippen LogP contribution in [0.2, 0.25) is 0 Å². The van der Waals surface area contributed by atoms with E-state index in [9.17, 15) is 4.79 Å². The van der Waals surface area contributed by atoms with Gasteiger partial charge in [-0.05, 0) is 30.9 Å². The lowest BCUT2D eigenvalue weighted by Gasteiger charge is -2.36. The maximum Gasteiger partial charge on any atom is 0.284 e. The number of hydrogen-bond acceptors (Lipinski definition) is 6. The minimum atomic E-state index is -0.512. The van der Waals surface area contributed by atoms with E-state index in [1.807, 2.05) is 12.1 Å². The molecule has 3 saturated heterocycles. The highest BCUT2D eigenvalue weighted by Gasteiger charge is 2.37. The van der Waals surface area contributed by atoms with Crippen molar-refractivity contribution in [3.8, 4) is 0 Å². The molecule has 3 fully saturated rings. The van der Waals surface area contributed by atoms with Crippen LogP contribution in [0.3, 0.4) is 0 Å². The van der Waals surface area contributed by atoms with E-state index in [0.717, 1.165) is 43.5 Å². The van der Waals surface area contributed by atoms with Crippen LogP contribution in [0.25, 0.3) is 0 Å². The SMILES string of the molecule is CC(C)(C)c1oc(C(N)=O)cc1CN1C[C@H]2CC[C@@H]1CN(c1ncccn1)C2. The van der Waals surface area contributed by atoms with E-state index < -0.39 is 5.91 Å². The van der Waals surface area contributed by atoms with Crippen molar-refractivity contribution in [1.29, 1.82) is 0 Å². The predicted octanol–water partition coefficient (Wildman–Crippen LogP) is 2.57. The molecule has 0 radical (unpaired) electrons. The van der Waals surface area contributed by atoms with Gasteiger partial charge >= 0.3 is 0 Å². The van der Waals surface area contributed by atoms with Crippen LogP contribution in [0.4, 0.5) is 5.95 Å². The summed E-state index contributed by atoms with van der Waals surface area (Å²) in [4.78, 5) is 25.4. The van der Waals surface area contributed by atoms with Crippen LogP contribution in [0.1, 0.15) is 55.5 Å². The minimum Gasteiger partial charge on any atom is -0.455 e. The van der Waals surface area contributed by atoms with E-state index in [1.165, 1.54) is 12.8 Å². The van der Waals surface area contributed by atoms with E-state index in [2.05, 4.69) is 40.5 Å². The topological polar surface area (TPSA) is 88.5 Å². The molecule has 2 N–H and O–H groups in total. The second kappa shape index (κ2) is 7.20. The second-order valence-electron chi connectivity index (χ2n) is 9.06. The molecule has 2 atom stereocenters. The van der Waals surface area contributed by atoms with Gasteiger partial charge in [0.05, 0.1) is 0 Å². The average Bonchev–Trinajstić information content (AvgIpc) is 2.88. The van der Waals surface area contributed by atoms with Crippen molar-refractivity contribution in [2.24, 2.45) is 11.7 Å². The first kappa shape index (κ1) is 18.9. The normalized spacial score (nSPS) is 23.0. The van der Waals surface area contributed by atoms with Crippen LogP contribution >= 0.6 is 0 Å². The number of anilines is 1. The van der Waals surface area contributed by atoms with Crippen LogP contribution in [0.5, 0.6) is 0 Å². The van der Waals surface area contributed by atoms with Crippen molar-refractivity contribution in [3.63, 3.8) is 0 Å². The second-order valence-corrected chi connectivity index (χ2v) is 9.06. The number of nitrogens with two attached hydrogens (primary N) is 1. The monoisotopic (exact) mass is 383 g/mol. The van der Waals surface area contributed by atoms with Gasteiger partial charge in [0.1, 0.15) is 5.76 Å². The third kappa shape index (κ3) is 3.76. The molecule has 150 valence electrons. The molecule has 2 bridgehead atoms. The van der Waals surface area contributed by atoms with Crippen molar-refractivity contribution in [3.05, 3.63) is 41.6 Å². The number of aromatic nitrogens is 2. The first-order valence-corrected chi connectivity index (χ1v) is 10.0. The average molecular weight is 383 g/mol. The minimum absolute atomic E-state index is 0.183. The summed E-state index contributed by atoms with van der Waals surface area (Å²) < 4.78 is 5.85. The van der Waals surface area contributed by atoms with Gasteiger partial charge in [-0.25, -0.2) is 9.97 Å². The zero-order chi connectivity index (χ0) is 19.9. The predicted molar refractivity (Wildman–Crippen MR) is 107 cm³/mol. The quantitative estimate of drug-likeness (QED) is 0.873. The van der Waals surface area contributed by atoms with Crippen LogP contribution in [-0.4, -0.2) is 46.5 Å². The number of nitrogens with zero attached hydrogens (tertiary/aromatic N) is 4. The lowest BCUT2D eigenvalue weighted by Crippen LogP contribution is -2.43. The van der Waals surface area contributed by atoms with Crippen molar-refractivity contribution in [1.82, 2.24) is 14.9 Å². The molecule has 5 heterocycles. The number of carbonyl (C=O) groups is 1. The Morgan fingerprint density at radius 2 is 1.96 bits per heavy atom. The molecule has 2 aromatic heterocycles. The fourth-order valence-electron chi connectivity index (χ4n) is 4.51. The molecule has 0 saturated carbocycles. The van der Waals surface area contributed by atoms with E-state index in [4.69, 9.17) is 10.2 Å². The summed E-state index contributed by atoms with van der Waals surface area (Å²) >= 11 is 0. The van der Waals surface area contributed by atoms with E-state index in [-0.39, 0.29) is 11.2 Å². The number of fused-ring (bicyclic) bond motifs is 4. The van der Waals surface area contributed by atoms with E-state index in [1.54, 1.807) is 12.4 Å². The molecule has 2 aromatic rings. The molecule has 28 heavy (non-hydrogen) atoms. The number of hydrogen-bond donors (Lipinski definition) is 1. The van der Waals surface area contributed by atoms with Crippen LogP contribution in [0.15, 0.2) is 28.9 Å². The molecular formula is C21H29N5O2. The Morgan fingerprint density at radius 3 is 2.64 bits per heavy atom. The Kier molecular flexibility index (Phi) is 4.87. The van der Waals surface area contributed by atoms with Gasteiger partial charge < -0.3 is 15.1 Å². The Hall–Kier alpha value is -2.41. The maximum absolute atomic E-state index is 11.7. The van der Waals surface area contributed by atoms with Crippen molar-refractivity contribution in [2.45, 2.75) is 51.6 Å². The van der Waals surface area contributed by atoms with Crippen molar-refractivity contribution >= 4 is 11.9 Å². The van der Waals surface area contributed by atoms with Crippen LogP contribution in [0, 0.1) is 5.92 Å². The molecule has 3 aliphatic rings. The molecule has 7 nitrogen and oxygen atoms in total. The van der Waals surface area contributed by atoms with Gasteiger partial charge in [0, 0.05) is 55.6 Å². The summed E-state index contributed by atoms with van der Waals surface area (Å²) in [7, 11) is 0. The van der Waals surface area contributed by atoms with Gasteiger partial charge in [0.25, 0.3) is 5.91 Å². The first-order valence-electron chi connectivity index (χ1n) is 10.0. The highest BCUT2D eigenvalue weighted by molar-refractivity contribution is 5.90. The lowest BCUT2D eigenvalue weighted by atomic mass is 9.89. The van der Waals surface area contributed by atoms with Crippen LogP contribution < -0.4 is 10.6 Å². The molecule has 1 amide bonds. The van der Waals surface area contributed by atoms with Crippen molar-refractivity contribution < 1.29 is 9.21 Å². The molecule has 3 aliphatic heterocycles. The van der Waals surface area contributed by atoms with Crippen LogP contribution in [-0.2, 0) is 12.0 Å². The largest absolute Gasteiger partial charge is 0.455 e. The standard InChI is InChI=1S/C21H29N5O2/c1-21(2,3)18-15(9-17(28-18)19(22)27)12-25-10-14-5-6-16(25)13-26(11-14)20-23-7-4-8-24-20/h4,7-9,14,16H,5-6,10-13H2,1-3H3,(H2,22,27)/t14-,16-/m1/s1. The molecule has 0 aliphatic carbocycles. The lowest BCUT2D eigenvalue weighted by molar-refractivity contribution is 0.0970.